The average Bonchev–Trinajstić information content (AvgIpc) is 3.20. The van der Waals surface area contributed by atoms with Gasteiger partial charge in [-0.25, -0.2) is 13.2 Å². The van der Waals surface area contributed by atoms with E-state index in [0.29, 0.717) is 30.8 Å². The zero-order valence-corrected chi connectivity index (χ0v) is 15.5. The second-order valence-electron chi connectivity index (χ2n) is 6.94. The molecule has 10 heteroatoms. The van der Waals surface area contributed by atoms with Gasteiger partial charge in [0.05, 0.1) is 12.4 Å². The van der Waals surface area contributed by atoms with Gasteiger partial charge in [0.15, 0.2) is 23.3 Å². The van der Waals surface area contributed by atoms with Gasteiger partial charge in [-0.15, -0.1) is 5.10 Å². The van der Waals surface area contributed by atoms with Gasteiger partial charge >= 0.3 is 0 Å². The molecule has 3 aromatic rings. The predicted molar refractivity (Wildman–Crippen MR) is 97.2 cm³/mol. The van der Waals surface area contributed by atoms with E-state index in [-0.39, 0.29) is 23.8 Å². The topological polar surface area (TPSA) is 87.7 Å². The Morgan fingerprint density at radius 3 is 2.76 bits per heavy atom. The van der Waals surface area contributed by atoms with Crippen LogP contribution < -0.4 is 4.90 Å². The molecule has 1 N–H and O–H groups in total. The van der Waals surface area contributed by atoms with Gasteiger partial charge in [0.25, 0.3) is 5.95 Å². The molecule has 0 bridgehead atoms. The van der Waals surface area contributed by atoms with Crippen molar-refractivity contribution in [1.29, 1.82) is 0 Å². The Bertz CT molecular complexity index is 1070. The maximum atomic E-state index is 14.0. The third-order valence-corrected chi connectivity index (χ3v) is 5.03. The van der Waals surface area contributed by atoms with E-state index in [1.54, 1.807) is 12.4 Å². The monoisotopic (exact) mass is 402 g/mol. The van der Waals surface area contributed by atoms with Crippen molar-refractivity contribution in [3.63, 3.8) is 0 Å². The van der Waals surface area contributed by atoms with Crippen LogP contribution in [0, 0.1) is 30.3 Å². The average molecular weight is 402 g/mol. The molecule has 1 amide bonds. The number of H-pyrrole nitrogens is 1. The van der Waals surface area contributed by atoms with Gasteiger partial charge in [-0.1, -0.05) is 6.07 Å². The summed E-state index contributed by atoms with van der Waals surface area (Å²) in [6, 6.07) is 2.04. The van der Waals surface area contributed by atoms with Crippen LogP contribution in [0.15, 0.2) is 24.5 Å². The second-order valence-corrected chi connectivity index (χ2v) is 6.94. The lowest BCUT2D eigenvalue weighted by Gasteiger charge is -2.30. The summed E-state index contributed by atoms with van der Waals surface area (Å²) in [5, 5.41) is 14.5. The van der Waals surface area contributed by atoms with Crippen LogP contribution >= 0.6 is 0 Å². The number of carbonyl (C=O) groups is 1. The quantitative estimate of drug-likeness (QED) is 0.678. The van der Waals surface area contributed by atoms with Gasteiger partial charge in [0.1, 0.15) is 0 Å². The Balaban J connectivity index is 1.55. The number of amides is 1. The highest BCUT2D eigenvalue weighted by molar-refractivity contribution is 5.94. The first-order valence-corrected chi connectivity index (χ1v) is 9.09. The number of nitrogens with zero attached hydrogens (tertiary/aromatic N) is 5. The summed E-state index contributed by atoms with van der Waals surface area (Å²) >= 11 is 0. The van der Waals surface area contributed by atoms with Crippen molar-refractivity contribution >= 4 is 11.9 Å². The summed E-state index contributed by atoms with van der Waals surface area (Å²) in [6.07, 6.45) is 4.28. The summed E-state index contributed by atoms with van der Waals surface area (Å²) < 4.78 is 40.7. The number of carbonyl (C=O) groups excluding carboxylic acids is 1. The van der Waals surface area contributed by atoms with Crippen LogP contribution in [0.25, 0.3) is 11.4 Å². The van der Waals surface area contributed by atoms with Crippen LogP contribution in [0.1, 0.15) is 24.0 Å². The molecule has 29 heavy (non-hydrogen) atoms. The number of rotatable bonds is 4. The number of nitrogens with one attached hydrogen (secondary N) is 1. The molecular formula is C19H17F3N6O. The smallest absolute Gasteiger partial charge is 0.251 e. The van der Waals surface area contributed by atoms with Crippen molar-refractivity contribution < 1.29 is 18.0 Å². The summed E-state index contributed by atoms with van der Waals surface area (Å²) in [5.74, 6) is -4.23. The van der Waals surface area contributed by atoms with Crippen LogP contribution in [0.2, 0.25) is 0 Å². The molecule has 150 valence electrons. The minimum absolute atomic E-state index is 0.0248. The molecule has 1 aliphatic rings. The van der Waals surface area contributed by atoms with E-state index < -0.39 is 23.4 Å². The first kappa shape index (κ1) is 19.0. The van der Waals surface area contributed by atoms with Gasteiger partial charge in [-0.05, 0) is 43.4 Å². The van der Waals surface area contributed by atoms with Gasteiger partial charge in [-0.2, -0.15) is 15.2 Å². The molecule has 0 saturated carbocycles. The predicted octanol–water partition coefficient (Wildman–Crippen LogP) is 2.97. The van der Waals surface area contributed by atoms with Crippen molar-refractivity contribution in [2.24, 2.45) is 5.92 Å². The van der Waals surface area contributed by atoms with Gasteiger partial charge in [-0.3, -0.25) is 14.8 Å². The van der Waals surface area contributed by atoms with Gasteiger partial charge in [0.2, 0.25) is 5.91 Å². The molecule has 0 spiro atoms. The fourth-order valence-corrected chi connectivity index (χ4v) is 3.45. The molecule has 1 unspecified atom stereocenters. The summed E-state index contributed by atoms with van der Waals surface area (Å²) in [4.78, 5) is 18.7. The first-order chi connectivity index (χ1) is 14.0. The summed E-state index contributed by atoms with van der Waals surface area (Å²) in [6.45, 7) is 2.27. The zero-order valence-electron chi connectivity index (χ0n) is 15.5. The van der Waals surface area contributed by atoms with Crippen molar-refractivity contribution in [1.82, 2.24) is 25.4 Å². The lowest BCUT2D eigenvalue weighted by atomic mass is 9.90. The van der Waals surface area contributed by atoms with Gasteiger partial charge in [0, 0.05) is 18.0 Å². The lowest BCUT2D eigenvalue weighted by Crippen LogP contribution is -2.42. The number of hydrogen-bond donors (Lipinski definition) is 1. The SMILES string of the molecule is Cc1cnncc1-c1nc(N2CCCC(Cc3ccc(F)c(F)c3F)C2=O)n[nH]1. The largest absolute Gasteiger partial charge is 0.279 e. The fraction of sp³-hybridized carbons (Fsp3) is 0.316. The maximum absolute atomic E-state index is 14.0. The Hall–Kier alpha value is -3.30. The molecule has 3 heterocycles. The summed E-state index contributed by atoms with van der Waals surface area (Å²) in [5.41, 5.74) is 1.53. The molecule has 7 nitrogen and oxygen atoms in total. The number of aromatic nitrogens is 5. The number of piperidine rings is 1. The van der Waals surface area contributed by atoms with E-state index in [1.807, 2.05) is 6.92 Å². The molecule has 1 atom stereocenters. The molecule has 0 aliphatic carbocycles. The molecular weight excluding hydrogens is 385 g/mol. The third-order valence-electron chi connectivity index (χ3n) is 5.03. The van der Waals surface area contributed by atoms with Crippen LogP contribution in [0.5, 0.6) is 0 Å². The minimum Gasteiger partial charge on any atom is -0.279 e. The number of anilines is 1. The third kappa shape index (κ3) is 3.57. The molecule has 1 saturated heterocycles. The normalized spacial score (nSPS) is 17.0. The number of aromatic amines is 1. The van der Waals surface area contributed by atoms with E-state index in [0.717, 1.165) is 11.6 Å². The van der Waals surface area contributed by atoms with E-state index in [4.69, 9.17) is 0 Å². The standard InChI is InChI=1S/C19H17F3N6O/c1-10-8-23-24-9-13(10)17-25-19(27-26-17)28-6-2-3-12(18(28)29)7-11-4-5-14(20)16(22)15(11)21/h4-5,8-9,12H,2-3,6-7H2,1H3,(H,25,26,27). The van der Waals surface area contributed by atoms with Crippen molar-refractivity contribution in [2.45, 2.75) is 26.2 Å². The number of halogens is 3. The number of benzene rings is 1. The Morgan fingerprint density at radius 2 is 1.97 bits per heavy atom. The maximum Gasteiger partial charge on any atom is 0.251 e. The Labute approximate surface area is 164 Å². The van der Waals surface area contributed by atoms with E-state index in [1.165, 1.54) is 11.0 Å². The van der Waals surface area contributed by atoms with Crippen LogP contribution in [-0.4, -0.2) is 37.8 Å². The first-order valence-electron chi connectivity index (χ1n) is 9.09. The zero-order chi connectivity index (χ0) is 20.5. The minimum atomic E-state index is -1.53. The van der Waals surface area contributed by atoms with Crippen molar-refractivity contribution in [3.8, 4) is 11.4 Å². The van der Waals surface area contributed by atoms with Crippen LogP contribution in [-0.2, 0) is 11.2 Å². The van der Waals surface area contributed by atoms with Crippen LogP contribution in [0.4, 0.5) is 19.1 Å². The highest BCUT2D eigenvalue weighted by Gasteiger charge is 2.33. The van der Waals surface area contributed by atoms with Crippen molar-refractivity contribution in [3.05, 3.63) is 53.1 Å². The highest BCUT2D eigenvalue weighted by atomic mass is 19.2. The lowest BCUT2D eigenvalue weighted by molar-refractivity contribution is -0.123. The fourth-order valence-electron chi connectivity index (χ4n) is 3.45. The molecule has 1 fully saturated rings. The highest BCUT2D eigenvalue weighted by Crippen LogP contribution is 2.28. The van der Waals surface area contributed by atoms with E-state index >= 15 is 0 Å². The second kappa shape index (κ2) is 7.61. The molecule has 0 radical (unpaired) electrons. The summed E-state index contributed by atoms with van der Waals surface area (Å²) in [7, 11) is 0. The van der Waals surface area contributed by atoms with Crippen molar-refractivity contribution in [2.75, 3.05) is 11.4 Å². The molecule has 1 aromatic carbocycles. The van der Waals surface area contributed by atoms with Gasteiger partial charge < -0.3 is 0 Å². The Kier molecular flexibility index (Phi) is 4.99. The molecule has 4 rings (SSSR count). The van der Waals surface area contributed by atoms with E-state index in [2.05, 4.69) is 25.4 Å². The van der Waals surface area contributed by atoms with E-state index in [9.17, 15) is 18.0 Å². The Morgan fingerprint density at radius 1 is 1.17 bits per heavy atom. The number of hydrogen-bond acceptors (Lipinski definition) is 5. The molecule has 2 aromatic heterocycles. The van der Waals surface area contributed by atoms with Crippen LogP contribution in [0.3, 0.4) is 0 Å². The number of aryl methyl sites for hydroxylation is 1. The molecule has 1 aliphatic heterocycles.